The molecule has 0 saturated heterocycles. The normalized spacial score (nSPS) is 28.2. The van der Waals surface area contributed by atoms with Gasteiger partial charge in [-0.2, -0.15) is 0 Å². The molecule has 0 spiro atoms. The van der Waals surface area contributed by atoms with Crippen LogP contribution in [-0.4, -0.2) is 6.61 Å². The van der Waals surface area contributed by atoms with Crippen molar-refractivity contribution in [2.75, 3.05) is 6.61 Å². The predicted molar refractivity (Wildman–Crippen MR) is 72.1 cm³/mol. The fourth-order valence-electron chi connectivity index (χ4n) is 2.56. The molecule has 1 heteroatoms. The molecule has 2 unspecified atom stereocenters. The molecule has 0 radical (unpaired) electrons. The molecular formula is C16H24O. The zero-order valence-electron chi connectivity index (χ0n) is 11.7. The number of ether oxygens (including phenoxy) is 1. The molecule has 0 saturated carbocycles. The van der Waals surface area contributed by atoms with Crippen molar-refractivity contribution in [3.8, 4) is 0 Å². The maximum atomic E-state index is 6.29. The van der Waals surface area contributed by atoms with Crippen molar-refractivity contribution in [1.29, 1.82) is 0 Å². The van der Waals surface area contributed by atoms with E-state index in [0.29, 0.717) is 5.92 Å². The summed E-state index contributed by atoms with van der Waals surface area (Å²) in [6, 6.07) is 8.70. The molecule has 0 heterocycles. The predicted octanol–water partition coefficient (Wildman–Crippen LogP) is 4.16. The van der Waals surface area contributed by atoms with Crippen LogP contribution in [0.5, 0.6) is 0 Å². The minimum absolute atomic E-state index is 0.107. The average Bonchev–Trinajstić information content (AvgIpc) is 2.49. The van der Waals surface area contributed by atoms with E-state index in [9.17, 15) is 0 Å². The van der Waals surface area contributed by atoms with Crippen LogP contribution in [0.25, 0.3) is 0 Å². The van der Waals surface area contributed by atoms with Gasteiger partial charge in [0, 0.05) is 0 Å². The molecule has 0 bridgehead atoms. The number of hydrogen-bond acceptors (Lipinski definition) is 1. The Labute approximate surface area is 105 Å². The lowest BCUT2D eigenvalue weighted by Gasteiger charge is -2.34. The van der Waals surface area contributed by atoms with E-state index in [1.54, 1.807) is 0 Å². The SMILES string of the molecule is CC1Cc2ccccc2C1(C)OCC(C)(C)C. The first-order valence-electron chi connectivity index (χ1n) is 6.55. The van der Waals surface area contributed by atoms with Gasteiger partial charge in [0.15, 0.2) is 0 Å². The Morgan fingerprint density at radius 3 is 2.59 bits per heavy atom. The highest BCUT2D eigenvalue weighted by Crippen LogP contribution is 2.44. The summed E-state index contributed by atoms with van der Waals surface area (Å²) < 4.78 is 6.29. The van der Waals surface area contributed by atoms with Gasteiger partial charge in [-0.15, -0.1) is 0 Å². The molecule has 94 valence electrons. The lowest BCUT2D eigenvalue weighted by molar-refractivity contribution is -0.0916. The molecule has 0 aromatic heterocycles. The molecule has 1 aliphatic rings. The van der Waals surface area contributed by atoms with Gasteiger partial charge in [-0.05, 0) is 35.8 Å². The summed E-state index contributed by atoms with van der Waals surface area (Å²) in [5, 5.41) is 0. The van der Waals surface area contributed by atoms with Crippen molar-refractivity contribution in [3.05, 3.63) is 35.4 Å². The van der Waals surface area contributed by atoms with Gasteiger partial charge in [-0.3, -0.25) is 0 Å². The van der Waals surface area contributed by atoms with E-state index in [1.807, 2.05) is 0 Å². The zero-order chi connectivity index (χ0) is 12.7. The van der Waals surface area contributed by atoms with Crippen LogP contribution in [0.15, 0.2) is 24.3 Å². The summed E-state index contributed by atoms with van der Waals surface area (Å²) >= 11 is 0. The molecule has 0 aliphatic heterocycles. The molecule has 2 rings (SSSR count). The van der Waals surface area contributed by atoms with Gasteiger partial charge in [0.1, 0.15) is 0 Å². The number of rotatable bonds is 2. The summed E-state index contributed by atoms with van der Waals surface area (Å²) in [6.07, 6.45) is 1.14. The maximum absolute atomic E-state index is 6.29. The third kappa shape index (κ3) is 2.40. The largest absolute Gasteiger partial charge is 0.370 e. The molecule has 1 nitrogen and oxygen atoms in total. The molecule has 2 atom stereocenters. The zero-order valence-corrected chi connectivity index (χ0v) is 11.7. The van der Waals surface area contributed by atoms with Crippen molar-refractivity contribution in [1.82, 2.24) is 0 Å². The Morgan fingerprint density at radius 1 is 1.29 bits per heavy atom. The third-order valence-electron chi connectivity index (χ3n) is 3.82. The summed E-state index contributed by atoms with van der Waals surface area (Å²) in [5.41, 5.74) is 2.96. The fraction of sp³-hybridized carbons (Fsp3) is 0.625. The van der Waals surface area contributed by atoms with Crippen molar-refractivity contribution < 1.29 is 4.74 Å². The molecule has 17 heavy (non-hydrogen) atoms. The Balaban J connectivity index is 2.25. The van der Waals surface area contributed by atoms with E-state index in [2.05, 4.69) is 58.9 Å². The standard InChI is InChI=1S/C16H24O/c1-12-10-13-8-6-7-9-14(13)16(12,5)17-11-15(2,3)4/h6-9,12H,10-11H2,1-5H3. The third-order valence-corrected chi connectivity index (χ3v) is 3.82. The van der Waals surface area contributed by atoms with Gasteiger partial charge in [-0.25, -0.2) is 0 Å². The Bertz CT molecular complexity index is 402. The number of fused-ring (bicyclic) bond motifs is 1. The van der Waals surface area contributed by atoms with Crippen molar-refractivity contribution in [2.24, 2.45) is 11.3 Å². The first-order valence-corrected chi connectivity index (χ1v) is 6.55. The Kier molecular flexibility index (Phi) is 3.07. The number of hydrogen-bond donors (Lipinski definition) is 0. The van der Waals surface area contributed by atoms with E-state index in [4.69, 9.17) is 4.74 Å². The van der Waals surface area contributed by atoms with Crippen LogP contribution in [-0.2, 0) is 16.8 Å². The highest BCUT2D eigenvalue weighted by atomic mass is 16.5. The second kappa shape index (κ2) is 4.13. The lowest BCUT2D eigenvalue weighted by Crippen LogP contribution is -2.33. The van der Waals surface area contributed by atoms with E-state index in [1.165, 1.54) is 11.1 Å². The van der Waals surface area contributed by atoms with E-state index < -0.39 is 0 Å². The minimum Gasteiger partial charge on any atom is -0.370 e. The summed E-state index contributed by atoms with van der Waals surface area (Å²) in [4.78, 5) is 0. The smallest absolute Gasteiger partial charge is 0.0934 e. The van der Waals surface area contributed by atoms with Crippen molar-refractivity contribution in [2.45, 2.75) is 46.6 Å². The molecule has 1 aromatic rings. The second-order valence-electron chi connectivity index (χ2n) is 6.72. The van der Waals surface area contributed by atoms with Crippen molar-refractivity contribution >= 4 is 0 Å². The van der Waals surface area contributed by atoms with Gasteiger partial charge < -0.3 is 4.74 Å². The van der Waals surface area contributed by atoms with Gasteiger partial charge in [0.2, 0.25) is 0 Å². The molecule has 1 aliphatic carbocycles. The molecule has 1 aromatic carbocycles. The van der Waals surface area contributed by atoms with Gasteiger partial charge in [-0.1, -0.05) is 52.0 Å². The summed E-state index contributed by atoms with van der Waals surface area (Å²) in [5.74, 6) is 0.558. The van der Waals surface area contributed by atoms with Crippen LogP contribution in [0, 0.1) is 11.3 Å². The van der Waals surface area contributed by atoms with Crippen LogP contribution in [0.3, 0.4) is 0 Å². The lowest BCUT2D eigenvalue weighted by atomic mass is 9.89. The highest BCUT2D eigenvalue weighted by molar-refractivity contribution is 5.38. The monoisotopic (exact) mass is 232 g/mol. The van der Waals surface area contributed by atoms with Crippen LogP contribution >= 0.6 is 0 Å². The molecular weight excluding hydrogens is 208 g/mol. The first-order chi connectivity index (χ1) is 7.83. The van der Waals surface area contributed by atoms with Crippen LogP contribution in [0.4, 0.5) is 0 Å². The van der Waals surface area contributed by atoms with Crippen LogP contribution in [0.1, 0.15) is 45.7 Å². The number of benzene rings is 1. The van der Waals surface area contributed by atoms with Gasteiger partial charge >= 0.3 is 0 Å². The first kappa shape index (κ1) is 12.6. The van der Waals surface area contributed by atoms with Gasteiger partial charge in [0.25, 0.3) is 0 Å². The molecule has 0 amide bonds. The second-order valence-corrected chi connectivity index (χ2v) is 6.72. The minimum atomic E-state index is -0.107. The Hall–Kier alpha value is -0.820. The summed E-state index contributed by atoms with van der Waals surface area (Å²) in [6.45, 7) is 12.0. The maximum Gasteiger partial charge on any atom is 0.0934 e. The van der Waals surface area contributed by atoms with E-state index >= 15 is 0 Å². The van der Waals surface area contributed by atoms with Crippen molar-refractivity contribution in [3.63, 3.8) is 0 Å². The summed E-state index contributed by atoms with van der Waals surface area (Å²) in [7, 11) is 0. The van der Waals surface area contributed by atoms with E-state index in [-0.39, 0.29) is 11.0 Å². The fourth-order valence-corrected chi connectivity index (χ4v) is 2.56. The highest BCUT2D eigenvalue weighted by Gasteiger charge is 2.41. The van der Waals surface area contributed by atoms with Gasteiger partial charge in [0.05, 0.1) is 12.2 Å². The van der Waals surface area contributed by atoms with E-state index in [0.717, 1.165) is 13.0 Å². The average molecular weight is 232 g/mol. The van der Waals surface area contributed by atoms with Crippen LogP contribution in [0.2, 0.25) is 0 Å². The van der Waals surface area contributed by atoms with Crippen LogP contribution < -0.4 is 0 Å². The Morgan fingerprint density at radius 2 is 1.94 bits per heavy atom. The quantitative estimate of drug-likeness (QED) is 0.744. The molecule has 0 fully saturated rings. The molecule has 0 N–H and O–H groups in total. The topological polar surface area (TPSA) is 9.23 Å².